The number of aliphatic hydroxyl groups excluding tert-OH is 1. The zero-order chi connectivity index (χ0) is 14.4. The summed E-state index contributed by atoms with van der Waals surface area (Å²) in [6.45, 7) is 0.161. The van der Waals surface area contributed by atoms with Gasteiger partial charge in [0.1, 0.15) is 17.5 Å². The fourth-order valence-electron chi connectivity index (χ4n) is 1.86. The zero-order valence-corrected chi connectivity index (χ0v) is 10.8. The van der Waals surface area contributed by atoms with E-state index < -0.39 is 6.10 Å². The second kappa shape index (κ2) is 6.55. The summed E-state index contributed by atoms with van der Waals surface area (Å²) in [6.07, 6.45) is -0.165. The van der Waals surface area contributed by atoms with E-state index in [2.05, 4.69) is 10.3 Å². The highest BCUT2D eigenvalue weighted by atomic mass is 16.3. The smallest absolute Gasteiger partial charge is 0.267 e. The number of benzene rings is 1. The van der Waals surface area contributed by atoms with Gasteiger partial charge in [0.25, 0.3) is 5.91 Å². The summed E-state index contributed by atoms with van der Waals surface area (Å²) in [4.78, 5) is 14.4. The largest absolute Gasteiger partial charge is 0.391 e. The number of carbonyl (C=O) groups excluding carboxylic acids is 1. The number of aromatic amines is 1. The summed E-state index contributed by atoms with van der Waals surface area (Å²) in [5, 5.41) is 21.2. The minimum Gasteiger partial charge on any atom is -0.391 e. The van der Waals surface area contributed by atoms with E-state index in [1.807, 2.05) is 36.4 Å². The zero-order valence-electron chi connectivity index (χ0n) is 10.8. The van der Waals surface area contributed by atoms with E-state index >= 15 is 0 Å². The molecular weight excluding hydrogens is 254 g/mol. The highest BCUT2D eigenvalue weighted by Crippen LogP contribution is 2.03. The number of hydrogen-bond acceptors (Lipinski definition) is 3. The average Bonchev–Trinajstić information content (AvgIpc) is 2.95. The number of carbonyl (C=O) groups is 1. The maximum atomic E-state index is 11.8. The number of amides is 1. The SMILES string of the molecule is N#Cc1ccc(C(=O)NCC(O)Cc2ccccc2)[nH]1. The first-order chi connectivity index (χ1) is 9.69. The highest BCUT2D eigenvalue weighted by molar-refractivity contribution is 5.92. The molecule has 0 aliphatic heterocycles. The van der Waals surface area contributed by atoms with Crippen molar-refractivity contribution in [3.8, 4) is 6.07 Å². The molecule has 0 fully saturated rings. The molecule has 0 aliphatic carbocycles. The van der Waals surface area contributed by atoms with Crippen LogP contribution in [-0.4, -0.2) is 28.6 Å². The molecule has 0 bridgehead atoms. The monoisotopic (exact) mass is 269 g/mol. The average molecular weight is 269 g/mol. The second-order valence-electron chi connectivity index (χ2n) is 4.45. The third-order valence-electron chi connectivity index (χ3n) is 2.86. The van der Waals surface area contributed by atoms with Crippen molar-refractivity contribution in [2.75, 3.05) is 6.54 Å². The number of rotatable bonds is 5. The molecule has 1 atom stereocenters. The lowest BCUT2D eigenvalue weighted by atomic mass is 10.1. The van der Waals surface area contributed by atoms with E-state index in [4.69, 9.17) is 5.26 Å². The van der Waals surface area contributed by atoms with Gasteiger partial charge in [0.15, 0.2) is 0 Å². The lowest BCUT2D eigenvalue weighted by Crippen LogP contribution is -2.33. The minimum absolute atomic E-state index is 0.161. The Labute approximate surface area is 116 Å². The van der Waals surface area contributed by atoms with Crippen LogP contribution in [0.15, 0.2) is 42.5 Å². The fourth-order valence-corrected chi connectivity index (χ4v) is 1.86. The van der Waals surface area contributed by atoms with Gasteiger partial charge >= 0.3 is 0 Å². The third kappa shape index (κ3) is 3.70. The molecule has 5 heteroatoms. The van der Waals surface area contributed by atoms with Crippen molar-refractivity contribution in [1.82, 2.24) is 10.3 Å². The number of H-pyrrole nitrogens is 1. The molecule has 0 radical (unpaired) electrons. The third-order valence-corrected chi connectivity index (χ3v) is 2.86. The van der Waals surface area contributed by atoms with Crippen molar-refractivity contribution in [2.24, 2.45) is 0 Å². The van der Waals surface area contributed by atoms with Crippen LogP contribution in [0.3, 0.4) is 0 Å². The van der Waals surface area contributed by atoms with Gasteiger partial charge in [-0.15, -0.1) is 0 Å². The number of aliphatic hydroxyl groups is 1. The lowest BCUT2D eigenvalue weighted by Gasteiger charge is -2.11. The molecule has 2 aromatic rings. The first kappa shape index (κ1) is 13.8. The van der Waals surface area contributed by atoms with Crippen molar-refractivity contribution >= 4 is 5.91 Å². The Morgan fingerprint density at radius 3 is 2.70 bits per heavy atom. The van der Waals surface area contributed by atoms with E-state index in [-0.39, 0.29) is 12.5 Å². The summed E-state index contributed by atoms with van der Waals surface area (Å²) in [6, 6.07) is 14.6. The molecule has 2 rings (SSSR count). The molecule has 1 aromatic heterocycles. The summed E-state index contributed by atoms with van der Waals surface area (Å²) in [5.74, 6) is -0.335. The quantitative estimate of drug-likeness (QED) is 0.762. The first-order valence-electron chi connectivity index (χ1n) is 6.28. The Morgan fingerprint density at radius 2 is 2.05 bits per heavy atom. The van der Waals surface area contributed by atoms with Gasteiger partial charge in [0.2, 0.25) is 0 Å². The van der Waals surface area contributed by atoms with E-state index in [0.717, 1.165) is 5.56 Å². The minimum atomic E-state index is -0.647. The van der Waals surface area contributed by atoms with Gasteiger partial charge in [-0.2, -0.15) is 5.26 Å². The summed E-state index contributed by atoms with van der Waals surface area (Å²) in [7, 11) is 0. The standard InChI is InChI=1S/C15H15N3O2/c16-9-12-6-7-14(18-12)15(20)17-10-13(19)8-11-4-2-1-3-5-11/h1-7,13,18-19H,8,10H2,(H,17,20). The molecule has 1 aromatic carbocycles. The lowest BCUT2D eigenvalue weighted by molar-refractivity contribution is 0.0911. The van der Waals surface area contributed by atoms with Crippen molar-refractivity contribution in [3.63, 3.8) is 0 Å². The van der Waals surface area contributed by atoms with Crippen LogP contribution in [0.4, 0.5) is 0 Å². The van der Waals surface area contributed by atoms with Crippen molar-refractivity contribution < 1.29 is 9.90 Å². The van der Waals surface area contributed by atoms with E-state index in [1.165, 1.54) is 12.1 Å². The Balaban J connectivity index is 1.82. The normalized spacial score (nSPS) is 11.6. The summed E-state index contributed by atoms with van der Waals surface area (Å²) in [5.41, 5.74) is 1.66. The summed E-state index contributed by atoms with van der Waals surface area (Å²) >= 11 is 0. The molecule has 0 aliphatic rings. The molecule has 0 spiro atoms. The first-order valence-corrected chi connectivity index (χ1v) is 6.28. The Kier molecular flexibility index (Phi) is 4.53. The fraction of sp³-hybridized carbons (Fsp3) is 0.200. The molecule has 0 saturated carbocycles. The number of nitrogens with one attached hydrogen (secondary N) is 2. The van der Waals surface area contributed by atoms with Crippen LogP contribution < -0.4 is 5.32 Å². The predicted molar refractivity (Wildman–Crippen MR) is 74.0 cm³/mol. The Hall–Kier alpha value is -2.58. The summed E-state index contributed by atoms with van der Waals surface area (Å²) < 4.78 is 0. The van der Waals surface area contributed by atoms with Gasteiger partial charge in [0.05, 0.1) is 6.10 Å². The van der Waals surface area contributed by atoms with Gasteiger partial charge in [-0.05, 0) is 17.7 Å². The van der Waals surface area contributed by atoms with Gasteiger partial charge < -0.3 is 15.4 Å². The van der Waals surface area contributed by atoms with Gasteiger partial charge in [-0.1, -0.05) is 30.3 Å². The van der Waals surface area contributed by atoms with Crippen LogP contribution in [-0.2, 0) is 6.42 Å². The van der Waals surface area contributed by atoms with E-state index in [9.17, 15) is 9.90 Å². The van der Waals surface area contributed by atoms with Crippen LogP contribution in [0.1, 0.15) is 21.7 Å². The Morgan fingerprint density at radius 1 is 1.30 bits per heavy atom. The number of nitriles is 1. The van der Waals surface area contributed by atoms with Crippen LogP contribution in [0.2, 0.25) is 0 Å². The molecule has 1 heterocycles. The van der Waals surface area contributed by atoms with Crippen LogP contribution in [0, 0.1) is 11.3 Å². The molecule has 3 N–H and O–H groups in total. The molecule has 0 saturated heterocycles. The number of aromatic nitrogens is 1. The van der Waals surface area contributed by atoms with E-state index in [1.54, 1.807) is 0 Å². The van der Waals surface area contributed by atoms with Crippen LogP contribution in [0.5, 0.6) is 0 Å². The van der Waals surface area contributed by atoms with Crippen molar-refractivity contribution in [2.45, 2.75) is 12.5 Å². The molecular formula is C15H15N3O2. The number of nitrogens with zero attached hydrogens (tertiary/aromatic N) is 1. The van der Waals surface area contributed by atoms with Crippen LogP contribution >= 0.6 is 0 Å². The van der Waals surface area contributed by atoms with Gasteiger partial charge in [-0.25, -0.2) is 0 Å². The maximum absolute atomic E-state index is 11.8. The Bertz CT molecular complexity index is 614. The highest BCUT2D eigenvalue weighted by Gasteiger charge is 2.11. The van der Waals surface area contributed by atoms with Crippen molar-refractivity contribution in [3.05, 3.63) is 59.4 Å². The number of hydrogen-bond donors (Lipinski definition) is 3. The predicted octanol–water partition coefficient (Wildman–Crippen LogP) is 1.22. The van der Waals surface area contributed by atoms with E-state index in [0.29, 0.717) is 17.8 Å². The topological polar surface area (TPSA) is 88.9 Å². The van der Waals surface area contributed by atoms with Crippen molar-refractivity contribution in [1.29, 1.82) is 5.26 Å². The molecule has 5 nitrogen and oxygen atoms in total. The van der Waals surface area contributed by atoms with Gasteiger partial charge in [0, 0.05) is 13.0 Å². The maximum Gasteiger partial charge on any atom is 0.267 e. The molecule has 20 heavy (non-hydrogen) atoms. The molecule has 1 amide bonds. The molecule has 102 valence electrons. The van der Waals surface area contributed by atoms with Crippen LogP contribution in [0.25, 0.3) is 0 Å². The molecule has 1 unspecified atom stereocenters. The second-order valence-corrected chi connectivity index (χ2v) is 4.45. The van der Waals surface area contributed by atoms with Gasteiger partial charge in [-0.3, -0.25) is 4.79 Å².